The molecule has 2 amide bonds. The minimum atomic E-state index is -0.589. The highest BCUT2D eigenvalue weighted by molar-refractivity contribution is 6.33. The summed E-state index contributed by atoms with van der Waals surface area (Å²) in [6.45, 7) is 0. The zero-order valence-corrected chi connectivity index (χ0v) is 5.48. The average Bonchev–Trinajstić information content (AvgIpc) is 2.34. The van der Waals surface area contributed by atoms with E-state index < -0.39 is 6.03 Å². The van der Waals surface area contributed by atoms with Gasteiger partial charge in [-0.25, -0.2) is 9.79 Å². The van der Waals surface area contributed by atoms with Crippen LogP contribution in [0.5, 0.6) is 0 Å². The maximum Gasteiger partial charge on any atom is 0.371 e. The molecule has 2 heterocycles. The molecule has 0 aromatic rings. The van der Waals surface area contributed by atoms with Crippen molar-refractivity contribution in [2.24, 2.45) is 20.7 Å². The quantitative estimate of drug-likeness (QED) is 0.519. The molecular weight excluding hydrogens is 144 g/mol. The smallest absolute Gasteiger partial charge is 0.371 e. The number of nitrogens with zero attached hydrogens (tertiary/aromatic N) is 3. The largest absolute Gasteiger partial charge is 0.383 e. The van der Waals surface area contributed by atoms with E-state index in [2.05, 4.69) is 15.0 Å². The van der Waals surface area contributed by atoms with Gasteiger partial charge in [0.15, 0.2) is 5.84 Å². The molecular formula is C6H4N4O. The van der Waals surface area contributed by atoms with Crippen molar-refractivity contribution in [3.05, 3.63) is 11.6 Å². The fraction of sp³-hybridized carbons (Fsp3) is 0. The first kappa shape index (κ1) is 5.96. The number of hydrogen-bond acceptors (Lipinski definition) is 3. The lowest BCUT2D eigenvalue weighted by Gasteiger charge is -2.04. The van der Waals surface area contributed by atoms with Crippen LogP contribution in [0.25, 0.3) is 0 Å². The molecule has 0 saturated carbocycles. The number of allylic oxidation sites excluding steroid dienone is 1. The minimum absolute atomic E-state index is 0.192. The third-order valence-electron chi connectivity index (χ3n) is 1.37. The Balaban J connectivity index is 2.54. The third-order valence-corrected chi connectivity index (χ3v) is 1.37. The van der Waals surface area contributed by atoms with E-state index >= 15 is 0 Å². The van der Waals surface area contributed by atoms with E-state index in [0.717, 1.165) is 0 Å². The predicted octanol–water partition coefficient (Wildman–Crippen LogP) is -0.113. The summed E-state index contributed by atoms with van der Waals surface area (Å²) < 4.78 is 0. The fourth-order valence-corrected chi connectivity index (χ4v) is 0.894. The first-order valence-electron chi connectivity index (χ1n) is 2.99. The second-order valence-electron chi connectivity index (χ2n) is 2.07. The van der Waals surface area contributed by atoms with E-state index in [1.807, 2.05) is 0 Å². The van der Waals surface area contributed by atoms with Gasteiger partial charge >= 0.3 is 6.03 Å². The summed E-state index contributed by atoms with van der Waals surface area (Å²) in [5, 5.41) is 0. The molecule has 11 heavy (non-hydrogen) atoms. The molecule has 0 aromatic carbocycles. The minimum Gasteiger partial charge on any atom is -0.383 e. The van der Waals surface area contributed by atoms with E-state index in [4.69, 9.17) is 5.73 Å². The van der Waals surface area contributed by atoms with Crippen molar-refractivity contribution in [3.63, 3.8) is 0 Å². The maximum absolute atomic E-state index is 10.7. The molecule has 0 aliphatic carbocycles. The number of amidine groups is 2. The molecule has 0 saturated heterocycles. The Bertz CT molecular complexity index is 348. The van der Waals surface area contributed by atoms with Gasteiger partial charge in [-0.15, -0.1) is 0 Å². The van der Waals surface area contributed by atoms with Crippen LogP contribution in [0.4, 0.5) is 4.79 Å². The van der Waals surface area contributed by atoms with Crippen molar-refractivity contribution in [1.29, 1.82) is 0 Å². The summed E-state index contributed by atoms with van der Waals surface area (Å²) >= 11 is 0. The number of hydrogen-bond donors (Lipinski definition) is 1. The summed E-state index contributed by atoms with van der Waals surface area (Å²) in [5.74, 6) is 0.556. The average molecular weight is 148 g/mol. The SMILES string of the molecule is NC1=NC(=O)N=C2N=CC=C12. The van der Waals surface area contributed by atoms with Crippen LogP contribution in [0.3, 0.4) is 0 Å². The first-order valence-corrected chi connectivity index (χ1v) is 2.99. The van der Waals surface area contributed by atoms with Gasteiger partial charge in [-0.05, 0) is 6.08 Å². The summed E-state index contributed by atoms with van der Waals surface area (Å²) in [5.41, 5.74) is 6.04. The predicted molar refractivity (Wildman–Crippen MR) is 41.0 cm³/mol. The molecule has 0 aromatic heterocycles. The molecule has 2 aliphatic rings. The molecule has 2 N–H and O–H groups in total. The second-order valence-corrected chi connectivity index (χ2v) is 2.07. The first-order chi connectivity index (χ1) is 5.27. The monoisotopic (exact) mass is 148 g/mol. The van der Waals surface area contributed by atoms with Gasteiger partial charge in [-0.2, -0.15) is 9.98 Å². The maximum atomic E-state index is 10.7. The van der Waals surface area contributed by atoms with E-state index in [-0.39, 0.29) is 5.84 Å². The van der Waals surface area contributed by atoms with Crippen molar-refractivity contribution in [2.75, 3.05) is 0 Å². The van der Waals surface area contributed by atoms with Gasteiger partial charge in [0, 0.05) is 6.21 Å². The van der Waals surface area contributed by atoms with Crippen molar-refractivity contribution in [2.45, 2.75) is 0 Å². The highest BCUT2D eigenvalue weighted by Crippen LogP contribution is 2.10. The number of carbonyl (C=O) groups is 1. The molecule has 0 bridgehead atoms. The zero-order chi connectivity index (χ0) is 7.84. The van der Waals surface area contributed by atoms with Crippen LogP contribution in [0.1, 0.15) is 0 Å². The third kappa shape index (κ3) is 0.778. The van der Waals surface area contributed by atoms with Gasteiger partial charge < -0.3 is 5.73 Å². The summed E-state index contributed by atoms with van der Waals surface area (Å²) in [6.07, 6.45) is 3.21. The summed E-state index contributed by atoms with van der Waals surface area (Å²) in [7, 11) is 0. The Morgan fingerprint density at radius 1 is 1.36 bits per heavy atom. The number of rotatable bonds is 0. The van der Waals surface area contributed by atoms with Gasteiger partial charge in [0.05, 0.1) is 5.57 Å². The number of fused-ring (bicyclic) bond motifs is 1. The molecule has 5 heteroatoms. The molecule has 2 aliphatic heterocycles. The van der Waals surface area contributed by atoms with Crippen LogP contribution in [-0.2, 0) is 0 Å². The Kier molecular flexibility index (Phi) is 1.00. The Hall–Kier alpha value is -1.78. The van der Waals surface area contributed by atoms with Crippen LogP contribution in [0.2, 0.25) is 0 Å². The van der Waals surface area contributed by atoms with Crippen LogP contribution in [0.15, 0.2) is 26.6 Å². The Morgan fingerprint density at radius 3 is 3.00 bits per heavy atom. The van der Waals surface area contributed by atoms with Crippen molar-refractivity contribution in [1.82, 2.24) is 0 Å². The lowest BCUT2D eigenvalue weighted by Crippen LogP contribution is -2.24. The molecule has 0 fully saturated rings. The zero-order valence-electron chi connectivity index (χ0n) is 5.48. The van der Waals surface area contributed by atoms with Crippen LogP contribution in [0, 0.1) is 0 Å². The molecule has 0 atom stereocenters. The topological polar surface area (TPSA) is 80.2 Å². The van der Waals surface area contributed by atoms with E-state index in [1.165, 1.54) is 6.21 Å². The lowest BCUT2D eigenvalue weighted by molar-refractivity contribution is 0.257. The van der Waals surface area contributed by atoms with E-state index in [0.29, 0.717) is 11.4 Å². The van der Waals surface area contributed by atoms with Gasteiger partial charge in [-0.3, -0.25) is 0 Å². The highest BCUT2D eigenvalue weighted by atomic mass is 16.2. The van der Waals surface area contributed by atoms with Crippen molar-refractivity contribution >= 4 is 23.9 Å². The number of nitrogens with two attached hydrogens (primary N) is 1. The summed E-state index contributed by atoms with van der Waals surface area (Å²) in [4.78, 5) is 21.5. The molecule has 5 nitrogen and oxygen atoms in total. The van der Waals surface area contributed by atoms with Crippen LogP contribution < -0.4 is 5.73 Å². The normalized spacial score (nSPS) is 20.7. The van der Waals surface area contributed by atoms with E-state index in [1.54, 1.807) is 6.08 Å². The van der Waals surface area contributed by atoms with Crippen LogP contribution >= 0.6 is 0 Å². The van der Waals surface area contributed by atoms with Gasteiger partial charge in [0.25, 0.3) is 0 Å². The molecule has 2 rings (SSSR count). The molecule has 0 radical (unpaired) electrons. The number of carbonyl (C=O) groups excluding carboxylic acids is 1. The Morgan fingerprint density at radius 2 is 2.18 bits per heavy atom. The fourth-order valence-electron chi connectivity index (χ4n) is 0.894. The molecule has 0 spiro atoms. The van der Waals surface area contributed by atoms with Crippen LogP contribution in [-0.4, -0.2) is 23.9 Å². The lowest BCUT2D eigenvalue weighted by atomic mass is 10.2. The second kappa shape index (κ2) is 1.85. The number of urea groups is 1. The molecule has 0 unspecified atom stereocenters. The summed E-state index contributed by atoms with van der Waals surface area (Å²) in [6, 6.07) is -0.589. The number of aliphatic imine (C=N–C) groups is 3. The van der Waals surface area contributed by atoms with Crippen molar-refractivity contribution < 1.29 is 4.79 Å². The molecule has 54 valence electrons. The van der Waals surface area contributed by atoms with Crippen molar-refractivity contribution in [3.8, 4) is 0 Å². The van der Waals surface area contributed by atoms with Gasteiger partial charge in [-0.1, -0.05) is 0 Å². The highest BCUT2D eigenvalue weighted by Gasteiger charge is 2.20. The Labute approximate surface area is 62.1 Å². The standard InChI is InChI=1S/C6H4N4O/c7-4-3-1-2-8-5(3)10-6(11)9-4/h1-2H,(H2,7,9,11). The van der Waals surface area contributed by atoms with Gasteiger partial charge in [0.1, 0.15) is 5.84 Å². The number of amides is 2. The van der Waals surface area contributed by atoms with E-state index in [9.17, 15) is 4.79 Å². The van der Waals surface area contributed by atoms with Gasteiger partial charge in [0.2, 0.25) is 0 Å².